The number of likely N-dealkylation sites (tertiary alicyclic amines) is 1. The van der Waals surface area contributed by atoms with Gasteiger partial charge in [0.2, 0.25) is 5.91 Å². The number of ether oxygens (including phenoxy) is 1. The average Bonchev–Trinajstić information content (AvgIpc) is 2.99. The standard InChI is InChI=1S/C17H19NO3S/c1-17(2,3)21-16(20)18-12(8-9-15(18)19)14-10-11-6-4-5-7-13(11)22-14/h4-7,10,12H,8-9H2,1-3H3. The molecule has 1 aromatic heterocycles. The summed E-state index contributed by atoms with van der Waals surface area (Å²) in [5.41, 5.74) is -0.606. The first-order valence-electron chi connectivity index (χ1n) is 7.39. The van der Waals surface area contributed by atoms with Crippen LogP contribution in [0.1, 0.15) is 44.5 Å². The van der Waals surface area contributed by atoms with E-state index in [1.54, 1.807) is 32.1 Å². The Labute approximate surface area is 133 Å². The van der Waals surface area contributed by atoms with E-state index in [-0.39, 0.29) is 11.9 Å². The van der Waals surface area contributed by atoms with E-state index in [0.717, 1.165) is 10.3 Å². The second-order valence-electron chi connectivity index (χ2n) is 6.49. The third-order valence-electron chi connectivity index (χ3n) is 3.58. The van der Waals surface area contributed by atoms with Crippen LogP contribution in [-0.2, 0) is 9.53 Å². The van der Waals surface area contributed by atoms with Crippen LogP contribution < -0.4 is 0 Å². The van der Waals surface area contributed by atoms with Gasteiger partial charge in [-0.25, -0.2) is 9.69 Å². The second kappa shape index (κ2) is 5.39. The maximum Gasteiger partial charge on any atom is 0.417 e. The van der Waals surface area contributed by atoms with Crippen molar-refractivity contribution in [2.45, 2.75) is 45.3 Å². The maximum absolute atomic E-state index is 12.4. The lowest BCUT2D eigenvalue weighted by molar-refractivity contribution is -0.128. The van der Waals surface area contributed by atoms with Crippen LogP contribution >= 0.6 is 11.3 Å². The van der Waals surface area contributed by atoms with E-state index in [2.05, 4.69) is 12.1 Å². The van der Waals surface area contributed by atoms with E-state index in [9.17, 15) is 9.59 Å². The molecule has 2 aromatic rings. The number of nitrogens with zero attached hydrogens (tertiary/aromatic N) is 1. The van der Waals surface area contributed by atoms with Gasteiger partial charge in [-0.15, -0.1) is 11.3 Å². The lowest BCUT2D eigenvalue weighted by Gasteiger charge is -2.26. The summed E-state index contributed by atoms with van der Waals surface area (Å²) in [4.78, 5) is 26.8. The molecule has 0 spiro atoms. The average molecular weight is 317 g/mol. The van der Waals surface area contributed by atoms with Crippen LogP contribution in [0.15, 0.2) is 30.3 Å². The number of thiophene rings is 1. The molecule has 1 unspecified atom stereocenters. The summed E-state index contributed by atoms with van der Waals surface area (Å²) >= 11 is 1.63. The number of fused-ring (bicyclic) bond motifs is 1. The summed E-state index contributed by atoms with van der Waals surface area (Å²) < 4.78 is 6.56. The number of hydrogen-bond donors (Lipinski definition) is 0. The van der Waals surface area contributed by atoms with E-state index in [1.807, 2.05) is 18.2 Å². The van der Waals surface area contributed by atoms with Crippen molar-refractivity contribution in [3.8, 4) is 0 Å². The monoisotopic (exact) mass is 317 g/mol. The Morgan fingerprint density at radius 3 is 2.73 bits per heavy atom. The first-order valence-corrected chi connectivity index (χ1v) is 8.20. The predicted octanol–water partition coefficient (Wildman–Crippen LogP) is 4.50. The highest BCUT2D eigenvalue weighted by atomic mass is 32.1. The minimum absolute atomic E-state index is 0.156. The van der Waals surface area contributed by atoms with Crippen molar-refractivity contribution in [2.75, 3.05) is 0 Å². The molecular formula is C17H19NO3S. The summed E-state index contributed by atoms with van der Waals surface area (Å²) in [5, 5.41) is 1.14. The molecule has 0 N–H and O–H groups in total. The van der Waals surface area contributed by atoms with Gasteiger partial charge in [-0.05, 0) is 44.7 Å². The zero-order valence-electron chi connectivity index (χ0n) is 13.0. The number of imide groups is 1. The largest absolute Gasteiger partial charge is 0.443 e. The fraction of sp³-hybridized carbons (Fsp3) is 0.412. The molecule has 0 aliphatic carbocycles. The van der Waals surface area contributed by atoms with E-state index in [4.69, 9.17) is 4.74 Å². The Morgan fingerprint density at radius 1 is 1.32 bits per heavy atom. The summed E-state index contributed by atoms with van der Waals surface area (Å²) in [6.45, 7) is 5.42. The SMILES string of the molecule is CC(C)(C)OC(=O)N1C(=O)CCC1c1cc2ccccc2s1. The van der Waals surface area contributed by atoms with Crippen molar-refractivity contribution in [2.24, 2.45) is 0 Å². The highest BCUT2D eigenvalue weighted by molar-refractivity contribution is 7.19. The lowest BCUT2D eigenvalue weighted by atomic mass is 10.1. The zero-order chi connectivity index (χ0) is 15.9. The van der Waals surface area contributed by atoms with Gasteiger partial charge in [0.25, 0.3) is 0 Å². The minimum Gasteiger partial charge on any atom is -0.443 e. The molecule has 1 aliphatic rings. The molecule has 0 radical (unpaired) electrons. The Hall–Kier alpha value is -1.88. The van der Waals surface area contributed by atoms with Crippen LogP contribution in [0.3, 0.4) is 0 Å². The first kappa shape index (κ1) is 15.0. The quantitative estimate of drug-likeness (QED) is 0.778. The van der Waals surface area contributed by atoms with Crippen molar-refractivity contribution in [1.29, 1.82) is 0 Å². The molecule has 1 fully saturated rings. The van der Waals surface area contributed by atoms with Gasteiger partial charge in [-0.1, -0.05) is 18.2 Å². The molecule has 0 saturated carbocycles. The topological polar surface area (TPSA) is 46.6 Å². The molecule has 1 saturated heterocycles. The second-order valence-corrected chi connectivity index (χ2v) is 7.60. The Morgan fingerprint density at radius 2 is 2.05 bits per heavy atom. The zero-order valence-corrected chi connectivity index (χ0v) is 13.8. The van der Waals surface area contributed by atoms with Gasteiger partial charge in [0.05, 0.1) is 6.04 Å². The normalized spacial score (nSPS) is 19.0. The molecule has 2 heterocycles. The third-order valence-corrected chi connectivity index (χ3v) is 4.79. The highest BCUT2D eigenvalue weighted by Crippen LogP contribution is 2.39. The van der Waals surface area contributed by atoms with Crippen LogP contribution in [0.25, 0.3) is 10.1 Å². The fourth-order valence-corrected chi connectivity index (χ4v) is 3.85. The molecule has 0 bridgehead atoms. The number of benzene rings is 1. The summed E-state index contributed by atoms with van der Waals surface area (Å²) in [6, 6.07) is 9.95. The molecule has 1 aliphatic heterocycles. The molecule has 3 rings (SSSR count). The highest BCUT2D eigenvalue weighted by Gasteiger charge is 2.40. The number of rotatable bonds is 1. The van der Waals surface area contributed by atoms with Gasteiger partial charge in [0.1, 0.15) is 5.60 Å². The van der Waals surface area contributed by atoms with Crippen LogP contribution in [0.5, 0.6) is 0 Å². The van der Waals surface area contributed by atoms with E-state index in [1.165, 1.54) is 9.60 Å². The molecule has 1 aromatic carbocycles. The minimum atomic E-state index is -0.606. The van der Waals surface area contributed by atoms with Crippen molar-refractivity contribution in [3.63, 3.8) is 0 Å². The maximum atomic E-state index is 12.4. The fourth-order valence-electron chi connectivity index (χ4n) is 2.66. The molecule has 4 nitrogen and oxygen atoms in total. The lowest BCUT2D eigenvalue weighted by Crippen LogP contribution is -2.38. The van der Waals surface area contributed by atoms with Crippen LogP contribution in [0.4, 0.5) is 4.79 Å². The molecule has 116 valence electrons. The van der Waals surface area contributed by atoms with Crippen molar-refractivity contribution >= 4 is 33.4 Å². The Kier molecular flexibility index (Phi) is 3.68. The van der Waals surface area contributed by atoms with Gasteiger partial charge in [-0.3, -0.25) is 4.79 Å². The summed E-state index contributed by atoms with van der Waals surface area (Å²) in [7, 11) is 0. The number of carbonyl (C=O) groups excluding carboxylic acids is 2. The number of carbonyl (C=O) groups is 2. The van der Waals surface area contributed by atoms with E-state index < -0.39 is 11.7 Å². The third kappa shape index (κ3) is 2.86. The van der Waals surface area contributed by atoms with Gasteiger partial charge >= 0.3 is 6.09 Å². The predicted molar refractivity (Wildman–Crippen MR) is 86.9 cm³/mol. The van der Waals surface area contributed by atoms with E-state index in [0.29, 0.717) is 12.8 Å². The number of amides is 2. The summed E-state index contributed by atoms with van der Waals surface area (Å²) in [6.07, 6.45) is 0.501. The van der Waals surface area contributed by atoms with Crippen molar-refractivity contribution in [1.82, 2.24) is 4.90 Å². The van der Waals surface area contributed by atoms with Crippen LogP contribution in [-0.4, -0.2) is 22.5 Å². The summed E-state index contributed by atoms with van der Waals surface area (Å²) in [5.74, 6) is -0.156. The molecule has 5 heteroatoms. The molecular weight excluding hydrogens is 298 g/mol. The van der Waals surface area contributed by atoms with Crippen molar-refractivity contribution in [3.05, 3.63) is 35.2 Å². The Balaban J connectivity index is 1.91. The van der Waals surface area contributed by atoms with Gasteiger partial charge in [0.15, 0.2) is 0 Å². The van der Waals surface area contributed by atoms with Crippen molar-refractivity contribution < 1.29 is 14.3 Å². The smallest absolute Gasteiger partial charge is 0.417 e. The van der Waals surface area contributed by atoms with Gasteiger partial charge in [-0.2, -0.15) is 0 Å². The molecule has 2 amide bonds. The van der Waals surface area contributed by atoms with Crippen LogP contribution in [0.2, 0.25) is 0 Å². The van der Waals surface area contributed by atoms with Gasteiger partial charge in [0, 0.05) is 16.0 Å². The number of hydrogen-bond acceptors (Lipinski definition) is 4. The molecule has 22 heavy (non-hydrogen) atoms. The van der Waals surface area contributed by atoms with Crippen LogP contribution in [0, 0.1) is 0 Å². The van der Waals surface area contributed by atoms with E-state index >= 15 is 0 Å². The van der Waals surface area contributed by atoms with Gasteiger partial charge < -0.3 is 4.74 Å². The first-order chi connectivity index (χ1) is 10.3. The molecule has 1 atom stereocenters. The Bertz CT molecular complexity index is 696.